The van der Waals surface area contributed by atoms with E-state index in [0.717, 1.165) is 24.2 Å². The van der Waals surface area contributed by atoms with Crippen molar-refractivity contribution in [1.82, 2.24) is 19.8 Å². The minimum atomic E-state index is -0.0677. The molecule has 4 rings (SSSR count). The van der Waals surface area contributed by atoms with Crippen molar-refractivity contribution in [3.05, 3.63) is 46.2 Å². The number of carbonyl (C=O) groups is 2. The average molecular weight is 342 g/mol. The highest BCUT2D eigenvalue weighted by atomic mass is 32.1. The van der Waals surface area contributed by atoms with E-state index < -0.39 is 0 Å². The van der Waals surface area contributed by atoms with Crippen LogP contribution in [0.1, 0.15) is 45.4 Å². The van der Waals surface area contributed by atoms with Gasteiger partial charge in [-0.2, -0.15) is 11.3 Å². The Morgan fingerprint density at radius 2 is 1.75 bits per heavy atom. The van der Waals surface area contributed by atoms with Gasteiger partial charge in [0.05, 0.1) is 5.56 Å². The van der Waals surface area contributed by atoms with Gasteiger partial charge in [0.15, 0.2) is 0 Å². The maximum absolute atomic E-state index is 12.6. The van der Waals surface area contributed by atoms with Gasteiger partial charge in [-0.1, -0.05) is 0 Å². The molecule has 0 atom stereocenters. The molecule has 2 aromatic heterocycles. The number of carbonyl (C=O) groups excluding carboxylic acids is 2. The van der Waals surface area contributed by atoms with Crippen molar-refractivity contribution in [2.45, 2.75) is 18.8 Å². The summed E-state index contributed by atoms with van der Waals surface area (Å²) in [5, 5.41) is 3.76. The lowest BCUT2D eigenvalue weighted by Crippen LogP contribution is -2.50. The Bertz CT molecular complexity index is 750. The van der Waals surface area contributed by atoms with E-state index in [1.54, 1.807) is 22.1 Å². The van der Waals surface area contributed by atoms with Crippen LogP contribution < -0.4 is 0 Å². The second-order valence-electron chi connectivity index (χ2n) is 6.17. The van der Waals surface area contributed by atoms with Crippen molar-refractivity contribution in [2.75, 3.05) is 26.2 Å². The Kier molecular flexibility index (Phi) is 4.02. The van der Waals surface area contributed by atoms with Crippen LogP contribution >= 0.6 is 11.3 Å². The van der Waals surface area contributed by atoms with Gasteiger partial charge in [0.2, 0.25) is 0 Å². The molecule has 6 nitrogen and oxygen atoms in total. The van der Waals surface area contributed by atoms with E-state index in [2.05, 4.69) is 9.97 Å². The molecular formula is C17H18N4O2S. The molecule has 1 aliphatic carbocycles. The van der Waals surface area contributed by atoms with Gasteiger partial charge < -0.3 is 9.80 Å². The van der Waals surface area contributed by atoms with E-state index in [1.807, 2.05) is 16.8 Å². The minimum Gasteiger partial charge on any atom is -0.335 e. The summed E-state index contributed by atoms with van der Waals surface area (Å²) in [6.07, 6.45) is 3.90. The molecule has 0 aromatic carbocycles. The van der Waals surface area contributed by atoms with Gasteiger partial charge in [-0.25, -0.2) is 9.97 Å². The summed E-state index contributed by atoms with van der Waals surface area (Å²) in [7, 11) is 0. The molecule has 24 heavy (non-hydrogen) atoms. The molecule has 1 saturated heterocycles. The fourth-order valence-corrected chi connectivity index (χ4v) is 3.50. The Balaban J connectivity index is 1.39. The highest BCUT2D eigenvalue weighted by Crippen LogP contribution is 2.37. The van der Waals surface area contributed by atoms with E-state index in [0.29, 0.717) is 37.8 Å². The van der Waals surface area contributed by atoms with Crippen LogP contribution in [0.4, 0.5) is 0 Å². The first-order chi connectivity index (χ1) is 11.7. The highest BCUT2D eigenvalue weighted by molar-refractivity contribution is 7.08. The Morgan fingerprint density at radius 3 is 2.38 bits per heavy atom. The monoisotopic (exact) mass is 342 g/mol. The predicted molar refractivity (Wildman–Crippen MR) is 90.1 cm³/mol. The molecule has 0 radical (unpaired) electrons. The summed E-state index contributed by atoms with van der Waals surface area (Å²) < 4.78 is 0. The molecule has 0 bridgehead atoms. The van der Waals surface area contributed by atoms with E-state index >= 15 is 0 Å². The van der Waals surface area contributed by atoms with Crippen LogP contribution in [-0.4, -0.2) is 57.8 Å². The summed E-state index contributed by atoms with van der Waals surface area (Å²) in [4.78, 5) is 37.2. The van der Waals surface area contributed by atoms with E-state index in [1.165, 1.54) is 11.3 Å². The Morgan fingerprint density at radius 1 is 1.04 bits per heavy atom. The van der Waals surface area contributed by atoms with Gasteiger partial charge in [0.1, 0.15) is 11.5 Å². The van der Waals surface area contributed by atoms with Crippen LogP contribution in [-0.2, 0) is 0 Å². The molecule has 1 aliphatic heterocycles. The summed E-state index contributed by atoms with van der Waals surface area (Å²) in [5.41, 5.74) is 1.19. The first-order valence-corrected chi connectivity index (χ1v) is 9.10. The van der Waals surface area contributed by atoms with Crippen molar-refractivity contribution in [1.29, 1.82) is 0 Å². The fraction of sp³-hybridized carbons (Fsp3) is 0.412. The third-order valence-corrected chi connectivity index (χ3v) is 5.14. The first kappa shape index (κ1) is 15.3. The standard InChI is InChI=1S/C17H18N4O2S/c22-16(13-4-10-24-11-13)20-6-8-21(9-7-20)17(23)14-3-5-18-15(19-14)12-1-2-12/h3-5,10-12H,1-2,6-9H2. The van der Waals surface area contributed by atoms with Crippen molar-refractivity contribution >= 4 is 23.2 Å². The quantitative estimate of drug-likeness (QED) is 0.856. The molecular weight excluding hydrogens is 324 g/mol. The molecule has 0 unspecified atom stereocenters. The third kappa shape index (κ3) is 3.03. The SMILES string of the molecule is O=C(c1ccsc1)N1CCN(C(=O)c2ccnc(C3CC3)n2)CC1. The van der Waals surface area contributed by atoms with E-state index in [-0.39, 0.29) is 11.8 Å². The third-order valence-electron chi connectivity index (χ3n) is 4.46. The number of thiophene rings is 1. The lowest BCUT2D eigenvalue weighted by Gasteiger charge is -2.34. The molecule has 3 heterocycles. The molecule has 2 aliphatic rings. The molecule has 2 amide bonds. The minimum absolute atomic E-state index is 0.0430. The number of piperazine rings is 1. The van der Waals surface area contributed by atoms with Crippen LogP contribution in [0.2, 0.25) is 0 Å². The molecule has 124 valence electrons. The summed E-state index contributed by atoms with van der Waals surface area (Å²) in [6.45, 7) is 2.19. The fourth-order valence-electron chi connectivity index (χ4n) is 2.87. The topological polar surface area (TPSA) is 66.4 Å². The second kappa shape index (κ2) is 6.32. The largest absolute Gasteiger partial charge is 0.335 e. The van der Waals surface area contributed by atoms with Gasteiger partial charge in [-0.3, -0.25) is 9.59 Å². The zero-order valence-corrected chi connectivity index (χ0v) is 14.0. The Labute approximate surface area is 144 Å². The number of amides is 2. The van der Waals surface area contributed by atoms with Gasteiger partial charge in [0, 0.05) is 43.7 Å². The lowest BCUT2D eigenvalue weighted by molar-refractivity contribution is 0.0532. The number of aromatic nitrogens is 2. The Hall–Kier alpha value is -2.28. The maximum atomic E-state index is 12.6. The zero-order chi connectivity index (χ0) is 16.5. The molecule has 1 saturated carbocycles. The van der Waals surface area contributed by atoms with Gasteiger partial charge in [-0.15, -0.1) is 0 Å². The molecule has 2 aromatic rings. The molecule has 0 spiro atoms. The van der Waals surface area contributed by atoms with Crippen molar-refractivity contribution in [2.24, 2.45) is 0 Å². The van der Waals surface area contributed by atoms with E-state index in [9.17, 15) is 9.59 Å². The number of hydrogen-bond donors (Lipinski definition) is 0. The predicted octanol–water partition coefficient (Wildman–Crippen LogP) is 2.01. The second-order valence-corrected chi connectivity index (χ2v) is 6.95. The molecule has 7 heteroatoms. The number of hydrogen-bond acceptors (Lipinski definition) is 5. The molecule has 0 N–H and O–H groups in total. The van der Waals surface area contributed by atoms with Crippen molar-refractivity contribution in [3.63, 3.8) is 0 Å². The van der Waals surface area contributed by atoms with Crippen LogP contribution in [0.3, 0.4) is 0 Å². The van der Waals surface area contributed by atoms with E-state index in [4.69, 9.17) is 0 Å². The van der Waals surface area contributed by atoms with Gasteiger partial charge in [0.25, 0.3) is 11.8 Å². The summed E-state index contributed by atoms with van der Waals surface area (Å²) >= 11 is 1.52. The van der Waals surface area contributed by atoms with Crippen molar-refractivity contribution < 1.29 is 9.59 Å². The first-order valence-electron chi connectivity index (χ1n) is 8.16. The van der Waals surface area contributed by atoms with Crippen LogP contribution in [0.25, 0.3) is 0 Å². The number of nitrogens with zero attached hydrogens (tertiary/aromatic N) is 4. The van der Waals surface area contributed by atoms with Crippen LogP contribution in [0.15, 0.2) is 29.1 Å². The zero-order valence-electron chi connectivity index (χ0n) is 13.2. The normalized spacial score (nSPS) is 17.8. The van der Waals surface area contributed by atoms with Gasteiger partial charge in [-0.05, 0) is 30.4 Å². The smallest absolute Gasteiger partial charge is 0.272 e. The maximum Gasteiger partial charge on any atom is 0.272 e. The summed E-state index contributed by atoms with van der Waals surface area (Å²) in [6, 6.07) is 3.52. The van der Waals surface area contributed by atoms with Crippen molar-refractivity contribution in [3.8, 4) is 0 Å². The lowest BCUT2D eigenvalue weighted by atomic mass is 10.2. The van der Waals surface area contributed by atoms with Crippen LogP contribution in [0, 0.1) is 0 Å². The van der Waals surface area contributed by atoms with Gasteiger partial charge >= 0.3 is 0 Å². The highest BCUT2D eigenvalue weighted by Gasteiger charge is 2.29. The number of rotatable bonds is 3. The summed E-state index contributed by atoms with van der Waals surface area (Å²) in [5.74, 6) is 1.19. The van der Waals surface area contributed by atoms with Crippen LogP contribution in [0.5, 0.6) is 0 Å². The molecule has 2 fully saturated rings. The average Bonchev–Trinajstić information content (AvgIpc) is 3.35.